The van der Waals surface area contributed by atoms with Crippen LogP contribution in [0.3, 0.4) is 0 Å². The van der Waals surface area contributed by atoms with Crippen LogP contribution in [-0.2, 0) is 14.8 Å². The first-order valence-corrected chi connectivity index (χ1v) is 5.72. The van der Waals surface area contributed by atoms with Crippen LogP contribution < -0.4 is 10.5 Å². The lowest BCUT2D eigenvalue weighted by atomic mass is 10.1. The smallest absolute Gasteiger partial charge is 0.252 e. The molecule has 0 aromatic rings. The van der Waals surface area contributed by atoms with Crippen LogP contribution in [0.25, 0.3) is 0 Å². The number of carbonyl (C=O) groups excluding carboxylic acids is 1. The molecule has 0 aliphatic carbocycles. The molecule has 0 saturated heterocycles. The second kappa shape index (κ2) is 3.51. The molecule has 0 unspecified atom stereocenters. The molecule has 6 heteroatoms. The molecule has 1 amide bonds. The van der Waals surface area contributed by atoms with E-state index < -0.39 is 26.2 Å². The Morgan fingerprint density at radius 2 is 1.50 bits per heavy atom. The SMILES string of the molecule is CC(C)(N)C(=O)NS(=O)(=O)C(C)(C)C. The van der Waals surface area contributed by atoms with Gasteiger partial charge in [0.2, 0.25) is 10.0 Å². The molecule has 0 aliphatic rings. The van der Waals surface area contributed by atoms with Crippen LogP contribution in [0.4, 0.5) is 0 Å². The number of carbonyl (C=O) groups is 1. The van der Waals surface area contributed by atoms with E-state index in [0.717, 1.165) is 0 Å². The highest BCUT2D eigenvalue weighted by Crippen LogP contribution is 2.13. The zero-order chi connectivity index (χ0) is 11.8. The van der Waals surface area contributed by atoms with Crippen LogP contribution in [0, 0.1) is 0 Å². The minimum absolute atomic E-state index is 0.701. The highest BCUT2D eigenvalue weighted by atomic mass is 32.2. The first kappa shape index (κ1) is 13.4. The van der Waals surface area contributed by atoms with Crippen molar-refractivity contribution in [3.8, 4) is 0 Å². The number of rotatable bonds is 2. The number of sulfonamides is 1. The van der Waals surface area contributed by atoms with Crippen molar-refractivity contribution in [2.45, 2.75) is 44.9 Å². The summed E-state index contributed by atoms with van der Waals surface area (Å²) in [6.07, 6.45) is 0. The highest BCUT2D eigenvalue weighted by Gasteiger charge is 2.34. The Bertz CT molecular complexity index is 319. The molecule has 3 N–H and O–H groups in total. The number of hydrogen-bond acceptors (Lipinski definition) is 4. The minimum Gasteiger partial charge on any atom is -0.318 e. The Morgan fingerprint density at radius 1 is 1.14 bits per heavy atom. The van der Waals surface area contributed by atoms with Gasteiger partial charge in [-0.25, -0.2) is 8.42 Å². The summed E-state index contributed by atoms with van der Waals surface area (Å²) >= 11 is 0. The van der Waals surface area contributed by atoms with E-state index in [4.69, 9.17) is 5.73 Å². The van der Waals surface area contributed by atoms with E-state index in [2.05, 4.69) is 0 Å². The number of nitrogens with one attached hydrogen (secondary N) is 1. The van der Waals surface area contributed by atoms with E-state index in [1.54, 1.807) is 0 Å². The first-order chi connectivity index (χ1) is 5.88. The van der Waals surface area contributed by atoms with Crippen molar-refractivity contribution in [3.05, 3.63) is 0 Å². The van der Waals surface area contributed by atoms with Crippen LogP contribution in [0.2, 0.25) is 0 Å². The molecule has 14 heavy (non-hydrogen) atoms. The molecule has 0 aromatic carbocycles. The molecular weight excluding hydrogens is 204 g/mol. The van der Waals surface area contributed by atoms with Crippen molar-refractivity contribution in [1.82, 2.24) is 4.72 Å². The highest BCUT2D eigenvalue weighted by molar-refractivity contribution is 7.91. The maximum atomic E-state index is 11.5. The molecule has 0 aromatic heterocycles. The van der Waals surface area contributed by atoms with Gasteiger partial charge in [-0.1, -0.05) is 0 Å². The van der Waals surface area contributed by atoms with Gasteiger partial charge < -0.3 is 5.73 Å². The first-order valence-electron chi connectivity index (χ1n) is 4.23. The van der Waals surface area contributed by atoms with Gasteiger partial charge in [-0.2, -0.15) is 0 Å². The van der Waals surface area contributed by atoms with Gasteiger partial charge in [0.25, 0.3) is 5.91 Å². The van der Waals surface area contributed by atoms with E-state index in [9.17, 15) is 13.2 Å². The van der Waals surface area contributed by atoms with E-state index in [1.807, 2.05) is 4.72 Å². The van der Waals surface area contributed by atoms with E-state index >= 15 is 0 Å². The van der Waals surface area contributed by atoms with Gasteiger partial charge >= 0.3 is 0 Å². The Morgan fingerprint density at radius 3 is 1.71 bits per heavy atom. The molecule has 0 rings (SSSR count). The van der Waals surface area contributed by atoms with Crippen LogP contribution in [-0.4, -0.2) is 24.6 Å². The summed E-state index contributed by atoms with van der Waals surface area (Å²) in [6.45, 7) is 7.41. The van der Waals surface area contributed by atoms with Gasteiger partial charge in [0.15, 0.2) is 0 Å². The number of amides is 1. The molecule has 0 aliphatic heterocycles. The van der Waals surface area contributed by atoms with E-state index in [0.29, 0.717) is 0 Å². The number of hydrogen-bond donors (Lipinski definition) is 2. The molecule has 0 heterocycles. The van der Waals surface area contributed by atoms with Gasteiger partial charge in [-0.15, -0.1) is 0 Å². The van der Waals surface area contributed by atoms with Crippen LogP contribution in [0.5, 0.6) is 0 Å². The minimum atomic E-state index is -3.66. The summed E-state index contributed by atoms with van der Waals surface area (Å²) in [5.41, 5.74) is 4.26. The van der Waals surface area contributed by atoms with Gasteiger partial charge in [0.1, 0.15) is 0 Å². The molecule has 0 fully saturated rings. The van der Waals surface area contributed by atoms with Crippen molar-refractivity contribution >= 4 is 15.9 Å². The summed E-state index contributed by atoms with van der Waals surface area (Å²) in [5, 5.41) is 0. The Balaban J connectivity index is 4.82. The van der Waals surface area contributed by atoms with Gasteiger partial charge in [-0.3, -0.25) is 9.52 Å². The lowest BCUT2D eigenvalue weighted by Crippen LogP contribution is -2.54. The topological polar surface area (TPSA) is 89.3 Å². The predicted octanol–water partition coefficient (Wildman–Crippen LogP) is -0.0318. The molecule has 5 nitrogen and oxygen atoms in total. The van der Waals surface area contributed by atoms with Gasteiger partial charge in [-0.05, 0) is 34.6 Å². The molecular formula is C8H18N2O3S. The lowest BCUT2D eigenvalue weighted by Gasteiger charge is -2.23. The Kier molecular flexibility index (Phi) is 3.35. The van der Waals surface area contributed by atoms with Crippen LogP contribution >= 0.6 is 0 Å². The summed E-state index contributed by atoms with van der Waals surface area (Å²) in [5.74, 6) is -0.701. The molecule has 0 saturated carbocycles. The number of nitrogens with two attached hydrogens (primary N) is 1. The quantitative estimate of drug-likeness (QED) is 0.686. The monoisotopic (exact) mass is 222 g/mol. The van der Waals surface area contributed by atoms with Crippen molar-refractivity contribution in [1.29, 1.82) is 0 Å². The maximum absolute atomic E-state index is 11.5. The van der Waals surface area contributed by atoms with Crippen molar-refractivity contribution < 1.29 is 13.2 Å². The third-order valence-corrected chi connectivity index (χ3v) is 3.68. The standard InChI is InChI=1S/C8H18N2O3S/c1-7(2,3)14(12,13)10-6(11)8(4,5)9/h9H2,1-5H3,(H,10,11). The van der Waals surface area contributed by atoms with Crippen molar-refractivity contribution in [2.75, 3.05) is 0 Å². The molecule has 0 radical (unpaired) electrons. The second-order valence-corrected chi connectivity index (χ2v) is 7.20. The fourth-order valence-corrected chi connectivity index (χ4v) is 1.22. The lowest BCUT2D eigenvalue weighted by molar-refractivity contribution is -0.123. The maximum Gasteiger partial charge on any atom is 0.252 e. The average molecular weight is 222 g/mol. The molecule has 0 bridgehead atoms. The third kappa shape index (κ3) is 3.26. The van der Waals surface area contributed by atoms with E-state index in [1.165, 1.54) is 34.6 Å². The van der Waals surface area contributed by atoms with Gasteiger partial charge in [0.05, 0.1) is 10.3 Å². The van der Waals surface area contributed by atoms with Crippen molar-refractivity contribution in [3.63, 3.8) is 0 Å². The van der Waals surface area contributed by atoms with Gasteiger partial charge in [0, 0.05) is 0 Å². The Labute approximate surface area is 85.1 Å². The normalized spacial score (nSPS) is 13.9. The second-order valence-electron chi connectivity index (χ2n) is 4.77. The molecule has 0 spiro atoms. The largest absolute Gasteiger partial charge is 0.318 e. The fourth-order valence-electron chi connectivity index (χ4n) is 0.407. The molecule has 84 valence electrons. The van der Waals surface area contributed by atoms with Crippen LogP contribution in [0.1, 0.15) is 34.6 Å². The zero-order valence-electron chi connectivity index (χ0n) is 9.21. The summed E-state index contributed by atoms with van der Waals surface area (Å²) in [4.78, 5) is 11.3. The van der Waals surface area contributed by atoms with Crippen LogP contribution in [0.15, 0.2) is 0 Å². The third-order valence-electron chi connectivity index (χ3n) is 1.62. The Hall–Kier alpha value is -0.620. The fraction of sp³-hybridized carbons (Fsp3) is 0.875. The molecule has 0 atom stereocenters. The zero-order valence-corrected chi connectivity index (χ0v) is 10.0. The summed E-state index contributed by atoms with van der Waals surface area (Å²) in [6, 6.07) is 0. The average Bonchev–Trinajstić information content (AvgIpc) is 1.80. The van der Waals surface area contributed by atoms with Crippen molar-refractivity contribution in [2.24, 2.45) is 5.73 Å². The van der Waals surface area contributed by atoms with E-state index in [-0.39, 0.29) is 0 Å². The predicted molar refractivity (Wildman–Crippen MR) is 55.1 cm³/mol. The summed E-state index contributed by atoms with van der Waals surface area (Å²) < 4.78 is 24.0. The summed E-state index contributed by atoms with van der Waals surface area (Å²) in [7, 11) is -3.66.